The van der Waals surface area contributed by atoms with Gasteiger partial charge in [-0.25, -0.2) is 0 Å². The van der Waals surface area contributed by atoms with E-state index in [9.17, 15) is 4.79 Å². The van der Waals surface area contributed by atoms with Crippen molar-refractivity contribution < 1.29 is 4.79 Å². The first-order chi connectivity index (χ1) is 15.5. The summed E-state index contributed by atoms with van der Waals surface area (Å²) in [6.45, 7) is 1.89. The molecule has 5 nitrogen and oxygen atoms in total. The second-order valence-corrected chi connectivity index (χ2v) is 9.11. The predicted octanol–water partition coefficient (Wildman–Crippen LogP) is 5.66. The van der Waals surface area contributed by atoms with Crippen LogP contribution in [0.5, 0.6) is 0 Å². The molecule has 0 radical (unpaired) electrons. The van der Waals surface area contributed by atoms with E-state index < -0.39 is 0 Å². The number of hydrogen-bond donors (Lipinski definition) is 0. The van der Waals surface area contributed by atoms with Crippen molar-refractivity contribution in [3.63, 3.8) is 0 Å². The van der Waals surface area contributed by atoms with Crippen LogP contribution in [-0.4, -0.2) is 33.0 Å². The van der Waals surface area contributed by atoms with Crippen LogP contribution < -0.4 is 4.90 Å². The minimum absolute atomic E-state index is 0.00327. The third-order valence-electron chi connectivity index (χ3n) is 5.09. The maximum absolute atomic E-state index is 13.1. The number of aromatic nitrogens is 3. The molecule has 0 N–H and O–H groups in total. The Kier molecular flexibility index (Phi) is 6.93. The number of amides is 1. The summed E-state index contributed by atoms with van der Waals surface area (Å²) in [5, 5.41) is 9.88. The number of nitrogens with zero attached hydrogens (tertiary/aromatic N) is 4. The van der Waals surface area contributed by atoms with Crippen molar-refractivity contribution in [2.45, 2.75) is 23.8 Å². The highest BCUT2D eigenvalue weighted by molar-refractivity contribution is 8.00. The molecule has 0 saturated heterocycles. The van der Waals surface area contributed by atoms with Crippen molar-refractivity contribution in [1.82, 2.24) is 14.8 Å². The first-order valence-electron chi connectivity index (χ1n) is 10.3. The standard InChI is InChI=1S/C25H23ClN4OS/c1-18(24(31)29(2)21-11-7-4-8-12-21)32-25-28-27-23(17-19-9-5-3-6-10-19)30(25)22-15-13-20(26)14-16-22/h3-16,18H,17H2,1-2H3/t18-/m1/s1. The topological polar surface area (TPSA) is 51.0 Å². The SMILES string of the molecule is C[C@@H](Sc1nnc(Cc2ccccc2)n1-c1ccc(Cl)cc1)C(=O)N(C)c1ccccc1. The van der Waals surface area contributed by atoms with E-state index in [1.54, 1.807) is 11.9 Å². The summed E-state index contributed by atoms with van der Waals surface area (Å²) in [7, 11) is 1.79. The van der Waals surface area contributed by atoms with Gasteiger partial charge in [0.2, 0.25) is 5.91 Å². The molecule has 0 bridgehead atoms. The second kappa shape index (κ2) is 10.0. The van der Waals surface area contributed by atoms with Gasteiger partial charge in [0.1, 0.15) is 5.82 Å². The number of carbonyl (C=O) groups excluding carboxylic acids is 1. The first-order valence-corrected chi connectivity index (χ1v) is 11.5. The molecule has 32 heavy (non-hydrogen) atoms. The molecule has 0 spiro atoms. The molecule has 3 aromatic carbocycles. The highest BCUT2D eigenvalue weighted by Gasteiger charge is 2.24. The van der Waals surface area contributed by atoms with Gasteiger partial charge < -0.3 is 4.90 Å². The number of carbonyl (C=O) groups is 1. The summed E-state index contributed by atoms with van der Waals surface area (Å²) in [4.78, 5) is 14.7. The zero-order valence-corrected chi connectivity index (χ0v) is 19.4. The fourth-order valence-electron chi connectivity index (χ4n) is 3.38. The molecule has 1 heterocycles. The Bertz CT molecular complexity index is 1180. The minimum atomic E-state index is -0.347. The lowest BCUT2D eigenvalue weighted by Gasteiger charge is -2.21. The van der Waals surface area contributed by atoms with E-state index in [2.05, 4.69) is 22.3 Å². The van der Waals surface area contributed by atoms with Gasteiger partial charge in [-0.2, -0.15) is 0 Å². The van der Waals surface area contributed by atoms with E-state index in [4.69, 9.17) is 11.6 Å². The number of benzene rings is 3. The van der Waals surface area contributed by atoms with Crippen LogP contribution in [0.15, 0.2) is 90.1 Å². The van der Waals surface area contributed by atoms with Crippen LogP contribution in [0.3, 0.4) is 0 Å². The van der Waals surface area contributed by atoms with Gasteiger partial charge in [-0.15, -0.1) is 10.2 Å². The quantitative estimate of drug-likeness (QED) is 0.333. The average Bonchev–Trinajstić information content (AvgIpc) is 3.21. The summed E-state index contributed by atoms with van der Waals surface area (Å²) in [6.07, 6.45) is 0.628. The van der Waals surface area contributed by atoms with Crippen LogP contribution in [-0.2, 0) is 11.2 Å². The molecular weight excluding hydrogens is 440 g/mol. The van der Waals surface area contributed by atoms with Gasteiger partial charge >= 0.3 is 0 Å². The van der Waals surface area contributed by atoms with Crippen molar-refractivity contribution in [3.05, 3.63) is 101 Å². The van der Waals surface area contributed by atoms with Gasteiger partial charge in [0.05, 0.1) is 5.25 Å². The van der Waals surface area contributed by atoms with Gasteiger partial charge in [0.25, 0.3) is 0 Å². The number of rotatable bonds is 7. The molecule has 0 unspecified atom stereocenters. The predicted molar refractivity (Wildman–Crippen MR) is 131 cm³/mol. The van der Waals surface area contributed by atoms with Gasteiger partial charge in [0, 0.05) is 29.9 Å². The Hall–Kier alpha value is -3.09. The second-order valence-electron chi connectivity index (χ2n) is 7.37. The van der Waals surface area contributed by atoms with Crippen LogP contribution in [0.1, 0.15) is 18.3 Å². The molecule has 1 amide bonds. The third-order valence-corrected chi connectivity index (χ3v) is 6.38. The maximum atomic E-state index is 13.1. The van der Waals surface area contributed by atoms with Crippen LogP contribution >= 0.6 is 23.4 Å². The van der Waals surface area contributed by atoms with Crippen LogP contribution in [0.25, 0.3) is 5.69 Å². The van der Waals surface area contributed by atoms with Crippen LogP contribution in [0, 0.1) is 0 Å². The fraction of sp³-hybridized carbons (Fsp3) is 0.160. The van der Waals surface area contributed by atoms with Gasteiger partial charge in [-0.05, 0) is 48.9 Å². The Labute approximate surface area is 197 Å². The van der Waals surface area contributed by atoms with Crippen molar-refractivity contribution in [3.8, 4) is 5.69 Å². The highest BCUT2D eigenvalue weighted by atomic mass is 35.5. The Morgan fingerprint density at radius 1 is 0.969 bits per heavy atom. The number of hydrogen-bond acceptors (Lipinski definition) is 4. The summed E-state index contributed by atoms with van der Waals surface area (Å²) in [5.41, 5.74) is 2.90. The molecule has 0 fully saturated rings. The zero-order chi connectivity index (χ0) is 22.5. The largest absolute Gasteiger partial charge is 0.315 e. The lowest BCUT2D eigenvalue weighted by Crippen LogP contribution is -2.33. The summed E-state index contributed by atoms with van der Waals surface area (Å²) in [6, 6.07) is 27.3. The Morgan fingerprint density at radius 2 is 1.59 bits per heavy atom. The highest BCUT2D eigenvalue weighted by Crippen LogP contribution is 2.29. The van der Waals surface area contributed by atoms with Gasteiger partial charge in [-0.3, -0.25) is 9.36 Å². The number of thioether (sulfide) groups is 1. The van der Waals surface area contributed by atoms with E-state index in [1.165, 1.54) is 11.8 Å². The molecule has 0 saturated carbocycles. The Balaban J connectivity index is 1.63. The lowest BCUT2D eigenvalue weighted by molar-refractivity contribution is -0.117. The molecule has 0 aliphatic heterocycles. The molecule has 1 aromatic heterocycles. The first kappa shape index (κ1) is 22.1. The summed E-state index contributed by atoms with van der Waals surface area (Å²) < 4.78 is 2.00. The van der Waals surface area contributed by atoms with Crippen molar-refractivity contribution in [2.75, 3.05) is 11.9 Å². The normalized spacial score (nSPS) is 11.8. The lowest BCUT2D eigenvalue weighted by atomic mass is 10.1. The smallest absolute Gasteiger partial charge is 0.240 e. The van der Waals surface area contributed by atoms with Gasteiger partial charge in [-0.1, -0.05) is 71.9 Å². The minimum Gasteiger partial charge on any atom is -0.315 e. The van der Waals surface area contributed by atoms with E-state index in [-0.39, 0.29) is 11.2 Å². The van der Waals surface area contributed by atoms with E-state index in [1.807, 2.05) is 84.3 Å². The van der Waals surface area contributed by atoms with Crippen molar-refractivity contribution >= 4 is 35.0 Å². The van der Waals surface area contributed by atoms with E-state index >= 15 is 0 Å². The van der Waals surface area contributed by atoms with Crippen molar-refractivity contribution in [1.29, 1.82) is 0 Å². The molecular formula is C25H23ClN4OS. The fourth-order valence-corrected chi connectivity index (χ4v) is 4.48. The molecule has 1 atom stereocenters. The molecule has 0 aliphatic rings. The molecule has 7 heteroatoms. The molecule has 0 aliphatic carbocycles. The van der Waals surface area contributed by atoms with Crippen LogP contribution in [0.4, 0.5) is 5.69 Å². The summed E-state index contributed by atoms with van der Waals surface area (Å²) in [5.74, 6) is 0.800. The average molecular weight is 463 g/mol. The van der Waals surface area contributed by atoms with E-state index in [0.29, 0.717) is 16.6 Å². The molecule has 4 aromatic rings. The van der Waals surface area contributed by atoms with E-state index in [0.717, 1.165) is 22.8 Å². The molecule has 162 valence electrons. The zero-order valence-electron chi connectivity index (χ0n) is 17.9. The van der Waals surface area contributed by atoms with Crippen molar-refractivity contribution in [2.24, 2.45) is 0 Å². The Morgan fingerprint density at radius 3 is 2.25 bits per heavy atom. The number of halogens is 1. The third kappa shape index (κ3) is 5.03. The summed E-state index contributed by atoms with van der Waals surface area (Å²) >= 11 is 7.50. The maximum Gasteiger partial charge on any atom is 0.240 e. The number of anilines is 1. The number of para-hydroxylation sites is 1. The monoisotopic (exact) mass is 462 g/mol. The molecule has 4 rings (SSSR count). The van der Waals surface area contributed by atoms with Gasteiger partial charge in [0.15, 0.2) is 5.16 Å². The van der Waals surface area contributed by atoms with Crippen LogP contribution in [0.2, 0.25) is 5.02 Å².